The molecule has 0 spiro atoms. The Morgan fingerprint density at radius 1 is 0.679 bits per heavy atom. The first kappa shape index (κ1) is 19.3. The molecule has 0 unspecified atom stereocenters. The zero-order chi connectivity index (χ0) is 19.6. The molecule has 0 atom stereocenters. The van der Waals surface area contributed by atoms with Crippen molar-refractivity contribution in [2.75, 3.05) is 6.54 Å². The highest BCUT2D eigenvalue weighted by atomic mass is 16.1. The molecule has 0 radical (unpaired) electrons. The number of carbonyl (C=O) groups is 2. The molecule has 0 amide bonds. The van der Waals surface area contributed by atoms with E-state index in [0.717, 1.165) is 16.8 Å². The van der Waals surface area contributed by atoms with Crippen molar-refractivity contribution in [2.45, 2.75) is 12.8 Å². The summed E-state index contributed by atoms with van der Waals surface area (Å²) in [4.78, 5) is 24.8. The number of allylic oxidation sites excluding steroid dienone is 1. The lowest BCUT2D eigenvalue weighted by Gasteiger charge is -2.11. The van der Waals surface area contributed by atoms with E-state index in [2.05, 4.69) is 5.32 Å². The van der Waals surface area contributed by atoms with Crippen LogP contribution in [-0.2, 0) is 0 Å². The summed E-state index contributed by atoms with van der Waals surface area (Å²) in [6.45, 7) is 0.612. The van der Waals surface area contributed by atoms with Crippen molar-refractivity contribution in [3.05, 3.63) is 114 Å². The van der Waals surface area contributed by atoms with Crippen molar-refractivity contribution in [3.8, 4) is 0 Å². The third-order valence-electron chi connectivity index (χ3n) is 4.41. The standard InChI is InChI=1S/C25H23NO2/c27-24(21-13-6-2-7-14-21)17-10-18-26-23(20-11-4-1-5-12-20)19-25(28)22-15-8-3-9-16-22/h1-9,11-16,19,26H,10,17-18H2/b23-19-. The lowest BCUT2D eigenvalue weighted by Crippen LogP contribution is -2.16. The highest BCUT2D eigenvalue weighted by Crippen LogP contribution is 2.14. The second-order valence-electron chi connectivity index (χ2n) is 6.47. The van der Waals surface area contributed by atoms with E-state index in [1.807, 2.05) is 78.9 Å². The number of benzene rings is 3. The molecule has 0 bridgehead atoms. The third-order valence-corrected chi connectivity index (χ3v) is 4.41. The summed E-state index contributed by atoms with van der Waals surface area (Å²) in [6.07, 6.45) is 2.78. The molecule has 0 aliphatic heterocycles. The van der Waals surface area contributed by atoms with Crippen LogP contribution in [0.2, 0.25) is 0 Å². The minimum atomic E-state index is -0.0488. The van der Waals surface area contributed by atoms with Crippen molar-refractivity contribution in [3.63, 3.8) is 0 Å². The number of carbonyl (C=O) groups excluding carboxylic acids is 2. The largest absolute Gasteiger partial charge is 0.384 e. The Morgan fingerprint density at radius 2 is 1.18 bits per heavy atom. The molecule has 28 heavy (non-hydrogen) atoms. The second-order valence-corrected chi connectivity index (χ2v) is 6.47. The van der Waals surface area contributed by atoms with Crippen LogP contribution < -0.4 is 5.32 Å². The van der Waals surface area contributed by atoms with E-state index in [0.29, 0.717) is 24.9 Å². The van der Waals surface area contributed by atoms with E-state index in [1.165, 1.54) is 0 Å². The number of hydrogen-bond donors (Lipinski definition) is 1. The molecular formula is C25H23NO2. The maximum atomic E-state index is 12.6. The van der Waals surface area contributed by atoms with Crippen LogP contribution in [0.3, 0.4) is 0 Å². The highest BCUT2D eigenvalue weighted by molar-refractivity contribution is 6.08. The molecule has 0 saturated carbocycles. The van der Waals surface area contributed by atoms with Gasteiger partial charge in [0.1, 0.15) is 0 Å². The molecule has 0 aliphatic rings. The van der Waals surface area contributed by atoms with Gasteiger partial charge in [-0.05, 0) is 12.0 Å². The Labute approximate surface area is 165 Å². The van der Waals surface area contributed by atoms with Gasteiger partial charge in [-0.3, -0.25) is 9.59 Å². The minimum Gasteiger partial charge on any atom is -0.384 e. The molecule has 0 saturated heterocycles. The van der Waals surface area contributed by atoms with Gasteiger partial charge in [0.15, 0.2) is 11.6 Å². The summed E-state index contributed by atoms with van der Waals surface area (Å²) in [5.41, 5.74) is 3.10. The van der Waals surface area contributed by atoms with Crippen molar-refractivity contribution in [2.24, 2.45) is 0 Å². The molecule has 3 nitrogen and oxygen atoms in total. The number of Topliss-reactive ketones (excluding diaryl/α,β-unsaturated/α-hetero) is 1. The lowest BCUT2D eigenvalue weighted by molar-refractivity contribution is 0.0979. The Kier molecular flexibility index (Phi) is 6.91. The number of hydrogen-bond acceptors (Lipinski definition) is 3. The van der Waals surface area contributed by atoms with Crippen LogP contribution in [0, 0.1) is 0 Å². The van der Waals surface area contributed by atoms with Crippen molar-refractivity contribution in [1.82, 2.24) is 5.32 Å². The van der Waals surface area contributed by atoms with Gasteiger partial charge in [-0.15, -0.1) is 0 Å². The molecule has 140 valence electrons. The van der Waals surface area contributed by atoms with Gasteiger partial charge in [0.25, 0.3) is 0 Å². The van der Waals surface area contributed by atoms with Gasteiger partial charge in [0.2, 0.25) is 0 Å². The number of ketones is 2. The molecule has 0 fully saturated rings. The molecule has 1 N–H and O–H groups in total. The molecule has 0 aromatic heterocycles. The molecule has 0 heterocycles. The quantitative estimate of drug-likeness (QED) is 0.322. The van der Waals surface area contributed by atoms with Crippen molar-refractivity contribution in [1.29, 1.82) is 0 Å². The topological polar surface area (TPSA) is 46.2 Å². The predicted molar refractivity (Wildman–Crippen MR) is 113 cm³/mol. The van der Waals surface area contributed by atoms with Crippen LogP contribution in [0.5, 0.6) is 0 Å². The normalized spacial score (nSPS) is 11.1. The van der Waals surface area contributed by atoms with Crippen LogP contribution >= 0.6 is 0 Å². The van der Waals surface area contributed by atoms with Crippen LogP contribution in [-0.4, -0.2) is 18.1 Å². The SMILES string of the molecule is O=C(/C=C(\NCCCC(=O)c1ccccc1)c1ccccc1)c1ccccc1. The molecule has 3 aromatic rings. The van der Waals surface area contributed by atoms with Gasteiger partial charge < -0.3 is 5.32 Å². The van der Waals surface area contributed by atoms with Crippen molar-refractivity contribution >= 4 is 17.3 Å². The fourth-order valence-electron chi connectivity index (χ4n) is 2.91. The summed E-state index contributed by atoms with van der Waals surface area (Å²) >= 11 is 0. The fourth-order valence-corrected chi connectivity index (χ4v) is 2.91. The first-order valence-corrected chi connectivity index (χ1v) is 9.42. The minimum absolute atomic E-state index is 0.0488. The van der Waals surface area contributed by atoms with Gasteiger partial charge in [0, 0.05) is 35.9 Å². The number of nitrogens with one attached hydrogen (secondary N) is 1. The molecular weight excluding hydrogens is 346 g/mol. The maximum Gasteiger partial charge on any atom is 0.187 e. The van der Waals surface area contributed by atoms with Crippen LogP contribution in [0.25, 0.3) is 5.70 Å². The second kappa shape index (κ2) is 10.0. The van der Waals surface area contributed by atoms with E-state index in [9.17, 15) is 9.59 Å². The monoisotopic (exact) mass is 369 g/mol. The van der Waals surface area contributed by atoms with Gasteiger partial charge >= 0.3 is 0 Å². The van der Waals surface area contributed by atoms with Gasteiger partial charge in [-0.25, -0.2) is 0 Å². The fraction of sp³-hybridized carbons (Fsp3) is 0.120. The van der Waals surface area contributed by atoms with Gasteiger partial charge in [0.05, 0.1) is 0 Å². The molecule has 0 aliphatic carbocycles. The van der Waals surface area contributed by atoms with Crippen LogP contribution in [0.15, 0.2) is 97.1 Å². The maximum absolute atomic E-state index is 12.6. The first-order valence-electron chi connectivity index (χ1n) is 9.42. The highest BCUT2D eigenvalue weighted by Gasteiger charge is 2.08. The van der Waals surface area contributed by atoms with Crippen LogP contribution in [0.1, 0.15) is 39.1 Å². The Bertz CT molecular complexity index is 932. The summed E-state index contributed by atoms with van der Waals surface area (Å²) in [6, 6.07) is 28.3. The molecule has 3 aromatic carbocycles. The zero-order valence-corrected chi connectivity index (χ0v) is 15.7. The van der Waals surface area contributed by atoms with E-state index in [-0.39, 0.29) is 11.6 Å². The average molecular weight is 369 g/mol. The summed E-state index contributed by atoms with van der Waals surface area (Å²) in [5, 5.41) is 3.33. The smallest absolute Gasteiger partial charge is 0.187 e. The average Bonchev–Trinajstić information content (AvgIpc) is 2.77. The van der Waals surface area contributed by atoms with E-state index >= 15 is 0 Å². The van der Waals surface area contributed by atoms with Gasteiger partial charge in [-0.1, -0.05) is 91.0 Å². The summed E-state index contributed by atoms with van der Waals surface area (Å²) in [7, 11) is 0. The zero-order valence-electron chi connectivity index (χ0n) is 15.7. The van der Waals surface area contributed by atoms with E-state index in [4.69, 9.17) is 0 Å². The van der Waals surface area contributed by atoms with Crippen molar-refractivity contribution < 1.29 is 9.59 Å². The predicted octanol–water partition coefficient (Wildman–Crippen LogP) is 5.16. The summed E-state index contributed by atoms with van der Waals surface area (Å²) in [5.74, 6) is 0.0836. The Hall–Kier alpha value is -3.46. The first-order chi connectivity index (χ1) is 13.7. The lowest BCUT2D eigenvalue weighted by atomic mass is 10.1. The molecule has 3 heteroatoms. The Morgan fingerprint density at radius 3 is 1.75 bits per heavy atom. The van der Waals surface area contributed by atoms with E-state index in [1.54, 1.807) is 18.2 Å². The summed E-state index contributed by atoms with van der Waals surface area (Å²) < 4.78 is 0. The third kappa shape index (κ3) is 5.52. The van der Waals surface area contributed by atoms with Gasteiger partial charge in [-0.2, -0.15) is 0 Å². The number of rotatable bonds is 9. The van der Waals surface area contributed by atoms with Crippen LogP contribution in [0.4, 0.5) is 0 Å². The molecule has 3 rings (SSSR count). The van der Waals surface area contributed by atoms with E-state index < -0.39 is 0 Å². The Balaban J connectivity index is 1.64.